The van der Waals surface area contributed by atoms with E-state index in [0.29, 0.717) is 5.76 Å². The summed E-state index contributed by atoms with van der Waals surface area (Å²) in [6, 6.07) is 17.4. The van der Waals surface area contributed by atoms with Crippen molar-refractivity contribution in [1.82, 2.24) is 0 Å². The summed E-state index contributed by atoms with van der Waals surface area (Å²) in [6.07, 6.45) is 1.37. The normalized spacial score (nSPS) is 16.3. The van der Waals surface area contributed by atoms with E-state index >= 15 is 0 Å². The van der Waals surface area contributed by atoms with Gasteiger partial charge in [0, 0.05) is 11.1 Å². The molecule has 1 atom stereocenters. The van der Waals surface area contributed by atoms with E-state index in [9.17, 15) is 9.59 Å². The summed E-state index contributed by atoms with van der Waals surface area (Å²) in [5.41, 5.74) is 2.79. The fourth-order valence-corrected chi connectivity index (χ4v) is 2.99. The maximum absolute atomic E-state index is 12.0. The molecule has 2 aromatic rings. The molecule has 23 heavy (non-hydrogen) atoms. The van der Waals surface area contributed by atoms with Crippen LogP contribution in [0.3, 0.4) is 0 Å². The van der Waals surface area contributed by atoms with Gasteiger partial charge in [-0.3, -0.25) is 9.59 Å². The van der Waals surface area contributed by atoms with Gasteiger partial charge in [-0.15, -0.1) is 0 Å². The Morgan fingerprint density at radius 3 is 2.17 bits per heavy atom. The third kappa shape index (κ3) is 2.95. The number of ketones is 2. The molecule has 2 aromatic carbocycles. The quantitative estimate of drug-likeness (QED) is 0.800. The molecule has 1 aliphatic rings. The first-order valence-electron chi connectivity index (χ1n) is 7.61. The fraction of sp³-hybridized carbons (Fsp3) is 0.200. The lowest BCUT2D eigenvalue weighted by atomic mass is 9.85. The van der Waals surface area contributed by atoms with E-state index < -0.39 is 12.0 Å². The van der Waals surface area contributed by atoms with Crippen LogP contribution in [-0.2, 0) is 14.3 Å². The lowest BCUT2D eigenvalue weighted by Crippen LogP contribution is -2.30. The van der Waals surface area contributed by atoms with E-state index in [0.717, 1.165) is 16.7 Å². The van der Waals surface area contributed by atoms with Crippen molar-refractivity contribution in [2.45, 2.75) is 20.0 Å². The molecule has 0 fully saturated rings. The number of carbonyl (C=O) groups excluding carboxylic acids is 2. The summed E-state index contributed by atoms with van der Waals surface area (Å²) in [4.78, 5) is 24.0. The molecule has 1 unspecified atom stereocenters. The minimum atomic E-state index is -0.788. The van der Waals surface area contributed by atoms with Crippen LogP contribution in [-0.4, -0.2) is 11.6 Å². The molecule has 0 amide bonds. The van der Waals surface area contributed by atoms with E-state index in [1.54, 1.807) is 0 Å². The predicted molar refractivity (Wildman–Crippen MR) is 89.4 cm³/mol. The highest BCUT2D eigenvalue weighted by Gasteiger charge is 2.36. The number of rotatable bonds is 4. The van der Waals surface area contributed by atoms with Crippen molar-refractivity contribution >= 4 is 23.4 Å². The van der Waals surface area contributed by atoms with E-state index in [1.807, 2.05) is 60.7 Å². The summed E-state index contributed by atoms with van der Waals surface area (Å²) in [7, 11) is 0. The van der Waals surface area contributed by atoms with Gasteiger partial charge >= 0.3 is 0 Å². The van der Waals surface area contributed by atoms with Crippen molar-refractivity contribution in [3.63, 3.8) is 0 Å². The van der Waals surface area contributed by atoms with Gasteiger partial charge in [0.15, 0.2) is 0 Å². The molecule has 3 rings (SSSR count). The average molecular weight is 306 g/mol. The number of benzene rings is 2. The molecular weight excluding hydrogens is 288 g/mol. The van der Waals surface area contributed by atoms with Crippen LogP contribution in [0.1, 0.15) is 36.6 Å². The Morgan fingerprint density at radius 1 is 0.913 bits per heavy atom. The average Bonchev–Trinajstić information content (AvgIpc) is 2.55. The summed E-state index contributed by atoms with van der Waals surface area (Å²) in [5, 5.41) is 0. The van der Waals surface area contributed by atoms with Crippen molar-refractivity contribution in [3.05, 3.63) is 71.3 Å². The van der Waals surface area contributed by atoms with Crippen LogP contribution < -0.4 is 0 Å². The van der Waals surface area contributed by atoms with Crippen molar-refractivity contribution in [3.8, 4) is 0 Å². The first-order chi connectivity index (χ1) is 11.1. The van der Waals surface area contributed by atoms with Gasteiger partial charge in [0.05, 0.1) is 0 Å². The molecule has 0 N–H and O–H groups in total. The summed E-state index contributed by atoms with van der Waals surface area (Å²) in [5.74, 6) is -0.455. The van der Waals surface area contributed by atoms with Gasteiger partial charge in [-0.05, 0) is 25.5 Å². The van der Waals surface area contributed by atoms with Crippen LogP contribution in [0.4, 0.5) is 0 Å². The van der Waals surface area contributed by atoms with Crippen LogP contribution in [0.5, 0.6) is 0 Å². The van der Waals surface area contributed by atoms with Gasteiger partial charge in [0.1, 0.15) is 29.3 Å². The van der Waals surface area contributed by atoms with Crippen molar-refractivity contribution < 1.29 is 14.3 Å². The first kappa shape index (κ1) is 15.2. The molecule has 1 aliphatic heterocycles. The molecule has 0 aliphatic carbocycles. The topological polar surface area (TPSA) is 43.4 Å². The highest BCUT2D eigenvalue weighted by Crippen LogP contribution is 2.40. The third-order valence-corrected chi connectivity index (χ3v) is 4.08. The zero-order valence-corrected chi connectivity index (χ0v) is 13.2. The molecule has 1 heterocycles. The molecule has 0 spiro atoms. The standard InChI is InChI=1S/C20H18O3/c1-13(21)19(14(2)22)20-17-11-7-6-10-16(17)12-18(23-20)15-8-4-3-5-9-15/h3-12,19-20H,1-2H3. The highest BCUT2D eigenvalue weighted by atomic mass is 16.5. The summed E-state index contributed by atoms with van der Waals surface area (Å²) < 4.78 is 6.10. The van der Waals surface area contributed by atoms with Crippen molar-refractivity contribution in [1.29, 1.82) is 0 Å². The minimum Gasteiger partial charge on any atom is -0.484 e. The van der Waals surface area contributed by atoms with E-state index in [2.05, 4.69) is 0 Å². The molecule has 3 heteroatoms. The molecular formula is C20H18O3. The summed E-state index contributed by atoms with van der Waals surface area (Å²) in [6.45, 7) is 2.89. The molecule has 0 saturated carbocycles. The van der Waals surface area contributed by atoms with Gasteiger partial charge in [-0.25, -0.2) is 0 Å². The fourth-order valence-electron chi connectivity index (χ4n) is 2.99. The Kier molecular flexibility index (Phi) is 4.11. The van der Waals surface area contributed by atoms with Crippen LogP contribution >= 0.6 is 0 Å². The Labute approximate surface area is 135 Å². The number of hydrogen-bond acceptors (Lipinski definition) is 3. The van der Waals surface area contributed by atoms with Gasteiger partial charge in [0.2, 0.25) is 0 Å². The molecule has 0 radical (unpaired) electrons. The van der Waals surface area contributed by atoms with E-state index in [-0.39, 0.29) is 11.6 Å². The van der Waals surface area contributed by atoms with Gasteiger partial charge < -0.3 is 4.74 Å². The molecule has 3 nitrogen and oxygen atoms in total. The minimum absolute atomic E-state index is 0.174. The largest absolute Gasteiger partial charge is 0.484 e. The van der Waals surface area contributed by atoms with Gasteiger partial charge in [-0.1, -0.05) is 54.6 Å². The number of hydrogen-bond donors (Lipinski definition) is 0. The Morgan fingerprint density at radius 2 is 1.52 bits per heavy atom. The van der Waals surface area contributed by atoms with Crippen LogP contribution in [0.2, 0.25) is 0 Å². The molecule has 0 aromatic heterocycles. The second kappa shape index (κ2) is 6.21. The predicted octanol–water partition coefficient (Wildman–Crippen LogP) is 4.05. The molecule has 116 valence electrons. The van der Waals surface area contributed by atoms with Gasteiger partial charge in [-0.2, -0.15) is 0 Å². The summed E-state index contributed by atoms with van der Waals surface area (Å²) >= 11 is 0. The van der Waals surface area contributed by atoms with Crippen LogP contribution in [0.15, 0.2) is 54.6 Å². The smallest absolute Gasteiger partial charge is 0.144 e. The van der Waals surface area contributed by atoms with Crippen molar-refractivity contribution in [2.24, 2.45) is 5.92 Å². The zero-order chi connectivity index (χ0) is 16.4. The first-order valence-corrected chi connectivity index (χ1v) is 7.61. The Bertz CT molecular complexity index is 760. The second-order valence-electron chi connectivity index (χ2n) is 5.74. The number of carbonyl (C=O) groups is 2. The highest BCUT2D eigenvalue weighted by molar-refractivity contribution is 6.01. The molecule has 0 saturated heterocycles. The monoisotopic (exact) mass is 306 g/mol. The Hall–Kier alpha value is -2.68. The lowest BCUT2D eigenvalue weighted by Gasteiger charge is -2.31. The Balaban J connectivity index is 2.10. The number of ether oxygens (including phenoxy) is 1. The SMILES string of the molecule is CC(=O)C(C(C)=O)C1OC(c2ccccc2)=Cc2ccccc21. The third-order valence-electron chi connectivity index (χ3n) is 4.08. The maximum atomic E-state index is 12.0. The van der Waals surface area contributed by atoms with Crippen LogP contribution in [0.25, 0.3) is 11.8 Å². The van der Waals surface area contributed by atoms with Crippen molar-refractivity contribution in [2.75, 3.05) is 0 Å². The maximum Gasteiger partial charge on any atom is 0.144 e. The van der Waals surface area contributed by atoms with E-state index in [1.165, 1.54) is 13.8 Å². The number of Topliss-reactive ketones (excluding diaryl/α,β-unsaturated/α-hetero) is 2. The van der Waals surface area contributed by atoms with Gasteiger partial charge in [0.25, 0.3) is 0 Å². The second-order valence-corrected chi connectivity index (χ2v) is 5.74. The molecule has 0 bridgehead atoms. The lowest BCUT2D eigenvalue weighted by molar-refractivity contribution is -0.135. The van der Waals surface area contributed by atoms with E-state index in [4.69, 9.17) is 4.74 Å². The van der Waals surface area contributed by atoms with Crippen LogP contribution in [0, 0.1) is 5.92 Å². The number of fused-ring (bicyclic) bond motifs is 1. The zero-order valence-electron chi connectivity index (χ0n) is 13.2.